The molecule has 1 aliphatic carbocycles. The number of hydrogen-bond donors (Lipinski definition) is 1. The van der Waals surface area contributed by atoms with Crippen molar-refractivity contribution in [2.45, 2.75) is 25.0 Å². The summed E-state index contributed by atoms with van der Waals surface area (Å²) in [7, 11) is 2.91. The maximum absolute atomic E-state index is 11.3. The van der Waals surface area contributed by atoms with Crippen LogP contribution in [0.15, 0.2) is 11.6 Å². The van der Waals surface area contributed by atoms with E-state index in [2.05, 4.69) is 4.74 Å². The molecule has 1 N–H and O–H groups in total. The number of aliphatic hydroxyl groups excluding tert-OH is 1. The standard InChI is InChI=1S/C12H20O6/c1-15-5-6-17-8-18-11-4-3-9(7-10(11)13)12(14)16-2/h7,10-11,13H,3-6,8H2,1-2H3/t10-,11-/m1/s1. The first-order chi connectivity index (χ1) is 8.69. The average molecular weight is 260 g/mol. The smallest absolute Gasteiger partial charge is 0.333 e. The van der Waals surface area contributed by atoms with E-state index in [0.29, 0.717) is 31.6 Å². The molecule has 2 atom stereocenters. The number of ether oxygens (including phenoxy) is 4. The van der Waals surface area contributed by atoms with E-state index in [4.69, 9.17) is 14.2 Å². The first-order valence-electron chi connectivity index (χ1n) is 5.84. The fourth-order valence-electron chi connectivity index (χ4n) is 1.69. The van der Waals surface area contributed by atoms with E-state index in [9.17, 15) is 9.90 Å². The van der Waals surface area contributed by atoms with Gasteiger partial charge in [-0.2, -0.15) is 0 Å². The molecular formula is C12H20O6. The summed E-state index contributed by atoms with van der Waals surface area (Å²) in [5.41, 5.74) is 0.491. The van der Waals surface area contributed by atoms with E-state index in [0.717, 1.165) is 0 Å². The van der Waals surface area contributed by atoms with E-state index in [1.807, 2.05) is 0 Å². The molecule has 0 aromatic carbocycles. The molecule has 0 bridgehead atoms. The summed E-state index contributed by atoms with van der Waals surface area (Å²) in [5, 5.41) is 9.80. The van der Waals surface area contributed by atoms with Crippen molar-refractivity contribution in [1.82, 2.24) is 0 Å². The highest BCUT2D eigenvalue weighted by atomic mass is 16.7. The first-order valence-corrected chi connectivity index (χ1v) is 5.84. The minimum Gasteiger partial charge on any atom is -0.466 e. The van der Waals surface area contributed by atoms with Crippen molar-refractivity contribution >= 4 is 5.97 Å². The minimum absolute atomic E-state index is 0.104. The fraction of sp³-hybridized carbons (Fsp3) is 0.750. The Kier molecular flexibility index (Phi) is 6.89. The van der Waals surface area contributed by atoms with E-state index >= 15 is 0 Å². The lowest BCUT2D eigenvalue weighted by Crippen LogP contribution is -2.33. The molecule has 0 saturated carbocycles. The lowest BCUT2D eigenvalue weighted by molar-refractivity contribution is -0.138. The monoisotopic (exact) mass is 260 g/mol. The first kappa shape index (κ1) is 15.1. The van der Waals surface area contributed by atoms with Crippen molar-refractivity contribution in [3.8, 4) is 0 Å². The highest BCUT2D eigenvalue weighted by molar-refractivity contribution is 5.88. The van der Waals surface area contributed by atoms with Gasteiger partial charge in [0, 0.05) is 12.7 Å². The van der Waals surface area contributed by atoms with Gasteiger partial charge in [-0.15, -0.1) is 0 Å². The number of esters is 1. The number of aliphatic hydroxyl groups is 1. The molecule has 104 valence electrons. The number of methoxy groups -OCH3 is 2. The zero-order chi connectivity index (χ0) is 13.4. The van der Waals surface area contributed by atoms with Crippen LogP contribution in [0, 0.1) is 0 Å². The van der Waals surface area contributed by atoms with Crippen LogP contribution in [0.4, 0.5) is 0 Å². The highest BCUT2D eigenvalue weighted by Gasteiger charge is 2.26. The van der Waals surface area contributed by atoms with Gasteiger partial charge in [0.15, 0.2) is 0 Å². The molecule has 0 aliphatic heterocycles. The number of rotatable bonds is 7. The summed E-state index contributed by atoms with van der Waals surface area (Å²) in [4.78, 5) is 11.3. The molecule has 0 aromatic heterocycles. The van der Waals surface area contributed by atoms with Crippen LogP contribution >= 0.6 is 0 Å². The second-order valence-corrected chi connectivity index (χ2v) is 3.94. The fourth-order valence-corrected chi connectivity index (χ4v) is 1.69. The maximum atomic E-state index is 11.3. The van der Waals surface area contributed by atoms with Gasteiger partial charge in [0.1, 0.15) is 6.79 Å². The summed E-state index contributed by atoms with van der Waals surface area (Å²) >= 11 is 0. The molecule has 0 heterocycles. The zero-order valence-corrected chi connectivity index (χ0v) is 10.8. The Labute approximate surface area is 106 Å². The Morgan fingerprint density at radius 2 is 2.22 bits per heavy atom. The van der Waals surface area contributed by atoms with Gasteiger partial charge in [-0.05, 0) is 18.9 Å². The van der Waals surface area contributed by atoms with Crippen LogP contribution in [0.1, 0.15) is 12.8 Å². The van der Waals surface area contributed by atoms with E-state index in [1.54, 1.807) is 7.11 Å². The highest BCUT2D eigenvalue weighted by Crippen LogP contribution is 2.22. The number of carbonyl (C=O) groups is 1. The van der Waals surface area contributed by atoms with Crippen LogP contribution in [0.3, 0.4) is 0 Å². The molecule has 0 amide bonds. The minimum atomic E-state index is -0.807. The molecule has 0 fully saturated rings. The normalized spacial score (nSPS) is 23.6. The Bertz CT molecular complexity index is 288. The molecule has 0 radical (unpaired) electrons. The molecular weight excluding hydrogens is 240 g/mol. The molecule has 6 nitrogen and oxygen atoms in total. The molecule has 6 heteroatoms. The molecule has 18 heavy (non-hydrogen) atoms. The van der Waals surface area contributed by atoms with Crippen molar-refractivity contribution in [2.75, 3.05) is 34.2 Å². The summed E-state index contributed by atoms with van der Waals surface area (Å²) < 4.78 is 19.9. The van der Waals surface area contributed by atoms with E-state index in [-0.39, 0.29) is 12.9 Å². The second-order valence-electron chi connectivity index (χ2n) is 3.94. The van der Waals surface area contributed by atoms with Crippen molar-refractivity contribution in [2.24, 2.45) is 0 Å². The Hall–Kier alpha value is -0.950. The van der Waals surface area contributed by atoms with Gasteiger partial charge in [0.25, 0.3) is 0 Å². The third-order valence-corrected chi connectivity index (χ3v) is 2.70. The van der Waals surface area contributed by atoms with E-state index in [1.165, 1.54) is 13.2 Å². The van der Waals surface area contributed by atoms with Crippen LogP contribution in [0.2, 0.25) is 0 Å². The largest absolute Gasteiger partial charge is 0.466 e. The Balaban J connectivity index is 2.29. The zero-order valence-electron chi connectivity index (χ0n) is 10.8. The van der Waals surface area contributed by atoms with Crippen LogP contribution < -0.4 is 0 Å². The lowest BCUT2D eigenvalue weighted by atomic mass is 9.95. The van der Waals surface area contributed by atoms with Crippen molar-refractivity contribution < 1.29 is 28.8 Å². The molecule has 1 aliphatic rings. The van der Waals surface area contributed by atoms with Gasteiger partial charge in [-0.3, -0.25) is 0 Å². The molecule has 0 unspecified atom stereocenters. The Morgan fingerprint density at radius 1 is 1.44 bits per heavy atom. The van der Waals surface area contributed by atoms with E-state index < -0.39 is 12.1 Å². The van der Waals surface area contributed by atoms with Crippen molar-refractivity contribution in [3.05, 3.63) is 11.6 Å². The van der Waals surface area contributed by atoms with Crippen LogP contribution in [0.5, 0.6) is 0 Å². The molecule has 0 spiro atoms. The predicted molar refractivity (Wildman–Crippen MR) is 62.9 cm³/mol. The summed E-state index contributed by atoms with van der Waals surface area (Å²) in [5.74, 6) is -0.399. The van der Waals surface area contributed by atoms with Crippen molar-refractivity contribution in [3.63, 3.8) is 0 Å². The average Bonchev–Trinajstić information content (AvgIpc) is 2.39. The number of hydrogen-bond acceptors (Lipinski definition) is 6. The van der Waals surface area contributed by atoms with Gasteiger partial charge in [-0.1, -0.05) is 0 Å². The number of carbonyl (C=O) groups excluding carboxylic acids is 1. The predicted octanol–water partition coefficient (Wildman–Crippen LogP) is 0.246. The third kappa shape index (κ3) is 4.73. The topological polar surface area (TPSA) is 74.2 Å². The molecule has 1 rings (SSSR count). The van der Waals surface area contributed by atoms with Crippen LogP contribution in [-0.4, -0.2) is 57.5 Å². The lowest BCUT2D eigenvalue weighted by Gasteiger charge is -2.26. The molecule has 0 saturated heterocycles. The SMILES string of the molecule is COCCOCO[C@@H]1CCC(C(=O)OC)=C[C@H]1O. The van der Waals surface area contributed by atoms with Gasteiger partial charge in [0.05, 0.1) is 32.5 Å². The van der Waals surface area contributed by atoms with Gasteiger partial charge < -0.3 is 24.1 Å². The van der Waals surface area contributed by atoms with Crippen LogP contribution in [0.25, 0.3) is 0 Å². The van der Waals surface area contributed by atoms with Crippen molar-refractivity contribution in [1.29, 1.82) is 0 Å². The summed E-state index contributed by atoms with van der Waals surface area (Å²) in [6.45, 7) is 1.05. The molecule has 0 aromatic rings. The van der Waals surface area contributed by atoms with Gasteiger partial charge >= 0.3 is 5.97 Å². The second kappa shape index (κ2) is 8.20. The summed E-state index contributed by atoms with van der Waals surface area (Å²) in [6.07, 6.45) is 1.43. The van der Waals surface area contributed by atoms with Gasteiger partial charge in [0.2, 0.25) is 0 Å². The quantitative estimate of drug-likeness (QED) is 0.402. The van der Waals surface area contributed by atoms with Gasteiger partial charge in [-0.25, -0.2) is 4.79 Å². The van der Waals surface area contributed by atoms with Crippen LogP contribution in [-0.2, 0) is 23.7 Å². The summed E-state index contributed by atoms with van der Waals surface area (Å²) in [6, 6.07) is 0. The third-order valence-electron chi connectivity index (χ3n) is 2.70. The maximum Gasteiger partial charge on any atom is 0.333 e. The Morgan fingerprint density at radius 3 is 2.83 bits per heavy atom.